The fourth-order valence-electron chi connectivity index (χ4n) is 1.99. The highest BCUT2D eigenvalue weighted by Gasteiger charge is 2.08. The summed E-state index contributed by atoms with van der Waals surface area (Å²) in [6, 6.07) is 8.14. The van der Waals surface area contributed by atoms with Crippen LogP contribution in [0.5, 0.6) is 5.75 Å². The number of aromatic hydroxyl groups is 1. The maximum Gasteiger partial charge on any atom is 0.115 e. The molecule has 0 aliphatic rings. The van der Waals surface area contributed by atoms with E-state index in [1.54, 1.807) is 12.1 Å². The molecule has 1 atom stereocenters. The lowest BCUT2D eigenvalue weighted by Crippen LogP contribution is -2.31. The second-order valence-electron chi connectivity index (χ2n) is 4.66. The van der Waals surface area contributed by atoms with E-state index >= 15 is 0 Å². The van der Waals surface area contributed by atoms with Gasteiger partial charge in [-0.1, -0.05) is 38.8 Å². The summed E-state index contributed by atoms with van der Waals surface area (Å²) in [5.74, 6) is 0.348. The van der Waals surface area contributed by atoms with Crippen molar-refractivity contribution in [3.05, 3.63) is 29.8 Å². The molecule has 0 heterocycles. The first-order chi connectivity index (χ1) is 8.26. The molecule has 2 heteroatoms. The number of phenols is 1. The smallest absolute Gasteiger partial charge is 0.115 e. The maximum atomic E-state index is 9.26. The second-order valence-corrected chi connectivity index (χ2v) is 4.66. The summed E-state index contributed by atoms with van der Waals surface area (Å²) in [4.78, 5) is 0. The Morgan fingerprint density at radius 3 is 2.41 bits per heavy atom. The average molecular weight is 235 g/mol. The minimum atomic E-state index is 0.348. The quantitative estimate of drug-likeness (QED) is 0.723. The molecule has 17 heavy (non-hydrogen) atoms. The van der Waals surface area contributed by atoms with E-state index in [1.807, 2.05) is 12.1 Å². The van der Waals surface area contributed by atoms with Crippen LogP contribution in [-0.4, -0.2) is 17.7 Å². The Bertz CT molecular complexity index is 286. The normalized spacial score (nSPS) is 12.6. The van der Waals surface area contributed by atoms with Crippen molar-refractivity contribution in [2.75, 3.05) is 6.54 Å². The third kappa shape index (κ3) is 5.73. The van der Waals surface area contributed by atoms with E-state index < -0.39 is 0 Å². The Labute approximate surface area is 105 Å². The van der Waals surface area contributed by atoms with E-state index in [-0.39, 0.29) is 0 Å². The molecule has 1 aromatic carbocycles. The molecule has 96 valence electrons. The van der Waals surface area contributed by atoms with Crippen LogP contribution in [0.25, 0.3) is 0 Å². The first-order valence-corrected chi connectivity index (χ1v) is 6.77. The van der Waals surface area contributed by atoms with Crippen LogP contribution in [0, 0.1) is 0 Å². The molecule has 0 fully saturated rings. The minimum Gasteiger partial charge on any atom is -0.508 e. The summed E-state index contributed by atoms with van der Waals surface area (Å²) in [7, 11) is 0. The fourth-order valence-corrected chi connectivity index (χ4v) is 1.99. The van der Waals surface area contributed by atoms with Gasteiger partial charge in [-0.3, -0.25) is 0 Å². The number of hydrogen-bond donors (Lipinski definition) is 2. The Balaban J connectivity index is 2.48. The van der Waals surface area contributed by atoms with Crippen molar-refractivity contribution in [2.24, 2.45) is 0 Å². The van der Waals surface area contributed by atoms with E-state index in [2.05, 4.69) is 19.2 Å². The van der Waals surface area contributed by atoms with Crippen LogP contribution in [0.2, 0.25) is 0 Å². The van der Waals surface area contributed by atoms with Crippen LogP contribution in [0.15, 0.2) is 24.3 Å². The number of rotatable bonds is 8. The Morgan fingerprint density at radius 2 is 1.82 bits per heavy atom. The third-order valence-corrected chi connectivity index (χ3v) is 3.01. The van der Waals surface area contributed by atoms with Crippen molar-refractivity contribution in [2.45, 2.75) is 52.0 Å². The molecule has 0 spiro atoms. The lowest BCUT2D eigenvalue weighted by molar-refractivity contribution is 0.460. The molecule has 0 aliphatic carbocycles. The molecule has 2 N–H and O–H groups in total. The number of unbranched alkanes of at least 4 members (excludes halogenated alkanes) is 1. The summed E-state index contributed by atoms with van der Waals surface area (Å²) in [6.07, 6.45) is 6.00. The predicted octanol–water partition coefficient (Wildman–Crippen LogP) is 3.49. The summed E-state index contributed by atoms with van der Waals surface area (Å²) in [6.45, 7) is 5.52. The van der Waals surface area contributed by atoms with Crippen LogP contribution in [0.3, 0.4) is 0 Å². The Kier molecular flexibility index (Phi) is 6.71. The maximum absolute atomic E-state index is 9.26. The van der Waals surface area contributed by atoms with Crippen LogP contribution < -0.4 is 5.32 Å². The number of nitrogens with one attached hydrogen (secondary N) is 1. The molecule has 0 saturated carbocycles. The third-order valence-electron chi connectivity index (χ3n) is 3.01. The van der Waals surface area contributed by atoms with Gasteiger partial charge in [0.15, 0.2) is 0 Å². The average Bonchev–Trinajstić information content (AvgIpc) is 2.35. The lowest BCUT2D eigenvalue weighted by atomic mass is 10.0. The van der Waals surface area contributed by atoms with Crippen LogP contribution in [0.4, 0.5) is 0 Å². The van der Waals surface area contributed by atoms with E-state index in [9.17, 15) is 5.11 Å². The van der Waals surface area contributed by atoms with Gasteiger partial charge in [0, 0.05) is 6.04 Å². The largest absolute Gasteiger partial charge is 0.508 e. The van der Waals surface area contributed by atoms with Crippen molar-refractivity contribution in [3.63, 3.8) is 0 Å². The van der Waals surface area contributed by atoms with Gasteiger partial charge in [0.2, 0.25) is 0 Å². The first kappa shape index (κ1) is 14.0. The van der Waals surface area contributed by atoms with Crippen molar-refractivity contribution < 1.29 is 5.11 Å². The summed E-state index contributed by atoms with van der Waals surface area (Å²) >= 11 is 0. The van der Waals surface area contributed by atoms with Gasteiger partial charge in [-0.15, -0.1) is 0 Å². The highest BCUT2D eigenvalue weighted by Crippen LogP contribution is 2.13. The summed E-state index contributed by atoms with van der Waals surface area (Å²) in [5.41, 5.74) is 1.30. The van der Waals surface area contributed by atoms with Gasteiger partial charge in [-0.05, 0) is 43.5 Å². The zero-order valence-corrected chi connectivity index (χ0v) is 11.1. The van der Waals surface area contributed by atoms with Gasteiger partial charge >= 0.3 is 0 Å². The lowest BCUT2D eigenvalue weighted by Gasteiger charge is -2.18. The number of hydrogen-bond acceptors (Lipinski definition) is 2. The van der Waals surface area contributed by atoms with Gasteiger partial charge in [0.25, 0.3) is 0 Å². The molecule has 2 nitrogen and oxygen atoms in total. The molecule has 1 unspecified atom stereocenters. The standard InChI is InChI=1S/C15H25NO/c1-3-5-6-14(16-11-4-2)12-13-7-9-15(17)10-8-13/h7-10,14,16-17H,3-6,11-12H2,1-2H3. The topological polar surface area (TPSA) is 32.3 Å². The first-order valence-electron chi connectivity index (χ1n) is 6.77. The summed E-state index contributed by atoms with van der Waals surface area (Å²) < 4.78 is 0. The van der Waals surface area contributed by atoms with Gasteiger partial charge in [0.1, 0.15) is 5.75 Å². The zero-order valence-electron chi connectivity index (χ0n) is 11.1. The zero-order chi connectivity index (χ0) is 12.5. The summed E-state index contributed by atoms with van der Waals surface area (Å²) in [5, 5.41) is 12.9. The van der Waals surface area contributed by atoms with E-state index in [4.69, 9.17) is 0 Å². The molecule has 0 bridgehead atoms. The van der Waals surface area contributed by atoms with Gasteiger partial charge in [-0.2, -0.15) is 0 Å². The molecule has 1 aromatic rings. The molecule has 0 amide bonds. The van der Waals surface area contributed by atoms with Gasteiger partial charge in [-0.25, -0.2) is 0 Å². The SMILES string of the molecule is CCCCC(Cc1ccc(O)cc1)NCCC. The molecule has 0 aliphatic heterocycles. The second kappa shape index (κ2) is 8.13. The monoisotopic (exact) mass is 235 g/mol. The van der Waals surface area contributed by atoms with Crippen molar-refractivity contribution in [3.8, 4) is 5.75 Å². The van der Waals surface area contributed by atoms with Crippen molar-refractivity contribution >= 4 is 0 Å². The molecular weight excluding hydrogens is 210 g/mol. The van der Waals surface area contributed by atoms with E-state index in [0.29, 0.717) is 11.8 Å². The molecule has 0 saturated heterocycles. The van der Waals surface area contributed by atoms with Crippen LogP contribution >= 0.6 is 0 Å². The fraction of sp³-hybridized carbons (Fsp3) is 0.600. The van der Waals surface area contributed by atoms with Crippen molar-refractivity contribution in [1.82, 2.24) is 5.32 Å². The predicted molar refractivity (Wildman–Crippen MR) is 73.4 cm³/mol. The molecular formula is C15H25NO. The number of phenolic OH excluding ortho intramolecular Hbond substituents is 1. The highest BCUT2D eigenvalue weighted by molar-refractivity contribution is 5.26. The Hall–Kier alpha value is -1.02. The molecule has 1 rings (SSSR count). The van der Waals surface area contributed by atoms with E-state index in [0.717, 1.165) is 13.0 Å². The van der Waals surface area contributed by atoms with Crippen LogP contribution in [-0.2, 0) is 6.42 Å². The minimum absolute atomic E-state index is 0.348. The van der Waals surface area contributed by atoms with Gasteiger partial charge < -0.3 is 10.4 Å². The number of benzene rings is 1. The Morgan fingerprint density at radius 1 is 1.12 bits per heavy atom. The molecule has 0 radical (unpaired) electrons. The van der Waals surface area contributed by atoms with Crippen molar-refractivity contribution in [1.29, 1.82) is 0 Å². The molecule has 0 aromatic heterocycles. The van der Waals surface area contributed by atoms with Crippen LogP contribution in [0.1, 0.15) is 45.1 Å². The highest BCUT2D eigenvalue weighted by atomic mass is 16.3. The van der Waals surface area contributed by atoms with E-state index in [1.165, 1.54) is 31.2 Å². The van der Waals surface area contributed by atoms with Gasteiger partial charge in [0.05, 0.1) is 0 Å².